The van der Waals surface area contributed by atoms with Crippen molar-refractivity contribution in [2.24, 2.45) is 0 Å². The first-order valence-corrected chi connectivity index (χ1v) is 4.47. The summed E-state index contributed by atoms with van der Waals surface area (Å²) in [6.45, 7) is 1.56. The molecule has 0 bridgehead atoms. The third kappa shape index (κ3) is 1.49. The van der Waals surface area contributed by atoms with Gasteiger partial charge in [0, 0.05) is 5.56 Å². The number of benzene rings is 1. The van der Waals surface area contributed by atoms with Gasteiger partial charge in [0.25, 0.3) is 0 Å². The fourth-order valence-electron chi connectivity index (χ4n) is 1.81. The van der Waals surface area contributed by atoms with Gasteiger partial charge in [0.2, 0.25) is 0 Å². The Kier molecular flexibility index (Phi) is 1.93. The average molecular weight is 176 g/mol. The predicted molar refractivity (Wildman–Crippen MR) is 49.9 cm³/mol. The standard InChI is InChI=1S/C11H12O2/c1-7(12)8-2-3-9-5-11(13)6-10(9)4-8/h2-4,11,13H,5-6H2,1H3. The van der Waals surface area contributed by atoms with Gasteiger partial charge in [-0.25, -0.2) is 0 Å². The molecular formula is C11H12O2. The summed E-state index contributed by atoms with van der Waals surface area (Å²) < 4.78 is 0. The van der Waals surface area contributed by atoms with Crippen LogP contribution in [0.15, 0.2) is 18.2 Å². The number of hydrogen-bond acceptors (Lipinski definition) is 2. The molecule has 0 aliphatic heterocycles. The molecule has 0 radical (unpaired) electrons. The molecule has 1 aliphatic rings. The van der Waals surface area contributed by atoms with Crippen LogP contribution < -0.4 is 0 Å². The minimum absolute atomic E-state index is 0.0872. The van der Waals surface area contributed by atoms with E-state index >= 15 is 0 Å². The van der Waals surface area contributed by atoms with Crippen molar-refractivity contribution in [2.45, 2.75) is 25.9 Å². The van der Waals surface area contributed by atoms with Crippen LogP contribution in [0, 0.1) is 0 Å². The number of aliphatic hydroxyl groups is 1. The van der Waals surface area contributed by atoms with Gasteiger partial charge in [-0.1, -0.05) is 12.1 Å². The van der Waals surface area contributed by atoms with Crippen LogP contribution in [0.1, 0.15) is 28.4 Å². The van der Waals surface area contributed by atoms with E-state index in [0.717, 1.165) is 17.5 Å². The molecule has 1 aromatic carbocycles. The Labute approximate surface area is 77.2 Å². The second-order valence-corrected chi connectivity index (χ2v) is 3.60. The van der Waals surface area contributed by atoms with E-state index in [-0.39, 0.29) is 11.9 Å². The normalized spacial score (nSPS) is 20.0. The van der Waals surface area contributed by atoms with Gasteiger partial charge in [0.05, 0.1) is 6.10 Å². The number of hydrogen-bond donors (Lipinski definition) is 1. The number of ketones is 1. The molecule has 0 saturated heterocycles. The van der Waals surface area contributed by atoms with Crippen molar-refractivity contribution in [3.05, 3.63) is 34.9 Å². The minimum atomic E-state index is -0.253. The second-order valence-electron chi connectivity index (χ2n) is 3.60. The van der Waals surface area contributed by atoms with Crippen molar-refractivity contribution in [1.29, 1.82) is 0 Å². The summed E-state index contributed by atoms with van der Waals surface area (Å²) in [6, 6.07) is 5.68. The molecule has 1 N–H and O–H groups in total. The van der Waals surface area contributed by atoms with E-state index in [9.17, 15) is 9.90 Å². The number of carbonyl (C=O) groups excluding carboxylic acids is 1. The Morgan fingerprint density at radius 3 is 2.77 bits per heavy atom. The molecule has 0 spiro atoms. The zero-order chi connectivity index (χ0) is 9.42. The van der Waals surface area contributed by atoms with Gasteiger partial charge >= 0.3 is 0 Å². The molecule has 1 aliphatic carbocycles. The Hall–Kier alpha value is -1.15. The molecular weight excluding hydrogens is 164 g/mol. The maximum Gasteiger partial charge on any atom is 0.159 e. The molecule has 0 amide bonds. The maximum absolute atomic E-state index is 11.1. The highest BCUT2D eigenvalue weighted by Gasteiger charge is 2.19. The fourth-order valence-corrected chi connectivity index (χ4v) is 1.81. The first kappa shape index (κ1) is 8.45. The molecule has 13 heavy (non-hydrogen) atoms. The summed E-state index contributed by atoms with van der Waals surface area (Å²) in [5, 5.41) is 9.40. The molecule has 2 rings (SSSR count). The smallest absolute Gasteiger partial charge is 0.159 e. The Morgan fingerprint density at radius 2 is 2.08 bits per heavy atom. The van der Waals surface area contributed by atoms with Crippen molar-refractivity contribution in [3.8, 4) is 0 Å². The van der Waals surface area contributed by atoms with E-state index in [1.807, 2.05) is 18.2 Å². The summed E-state index contributed by atoms with van der Waals surface area (Å²) in [7, 11) is 0. The van der Waals surface area contributed by atoms with Crippen LogP contribution in [-0.2, 0) is 12.8 Å². The summed E-state index contributed by atoms with van der Waals surface area (Å²) >= 11 is 0. The SMILES string of the molecule is CC(=O)c1ccc2c(c1)CC(O)C2. The quantitative estimate of drug-likeness (QED) is 0.656. The van der Waals surface area contributed by atoms with Crippen LogP contribution in [0.25, 0.3) is 0 Å². The monoisotopic (exact) mass is 176 g/mol. The van der Waals surface area contributed by atoms with Gasteiger partial charge in [0.15, 0.2) is 5.78 Å². The van der Waals surface area contributed by atoms with Gasteiger partial charge in [-0.2, -0.15) is 0 Å². The molecule has 1 atom stereocenters. The van der Waals surface area contributed by atoms with Crippen molar-refractivity contribution in [1.82, 2.24) is 0 Å². The van der Waals surface area contributed by atoms with Gasteiger partial charge in [-0.05, 0) is 37.0 Å². The van der Waals surface area contributed by atoms with Crippen LogP contribution in [0.2, 0.25) is 0 Å². The van der Waals surface area contributed by atoms with Crippen molar-refractivity contribution in [2.75, 3.05) is 0 Å². The summed E-state index contributed by atoms with van der Waals surface area (Å²) in [4.78, 5) is 11.1. The second kappa shape index (κ2) is 2.96. The highest BCUT2D eigenvalue weighted by Crippen LogP contribution is 2.23. The van der Waals surface area contributed by atoms with Gasteiger partial charge in [0.1, 0.15) is 0 Å². The van der Waals surface area contributed by atoms with Gasteiger partial charge in [-0.3, -0.25) is 4.79 Å². The van der Waals surface area contributed by atoms with Crippen molar-refractivity contribution >= 4 is 5.78 Å². The third-order valence-electron chi connectivity index (χ3n) is 2.52. The summed E-state index contributed by atoms with van der Waals surface area (Å²) in [6.07, 6.45) is 1.17. The number of rotatable bonds is 1. The first-order valence-electron chi connectivity index (χ1n) is 4.47. The maximum atomic E-state index is 11.1. The van der Waals surface area contributed by atoms with E-state index in [1.54, 1.807) is 6.92 Å². The molecule has 0 heterocycles. The summed E-state index contributed by atoms with van der Waals surface area (Å²) in [5.74, 6) is 0.0872. The van der Waals surface area contributed by atoms with Crippen molar-refractivity contribution < 1.29 is 9.90 Å². The van der Waals surface area contributed by atoms with Crippen LogP contribution in [0.3, 0.4) is 0 Å². The Balaban J connectivity index is 2.40. The minimum Gasteiger partial charge on any atom is -0.392 e. The van der Waals surface area contributed by atoms with Crippen LogP contribution in [-0.4, -0.2) is 17.0 Å². The van der Waals surface area contributed by atoms with Gasteiger partial charge < -0.3 is 5.11 Å². The molecule has 68 valence electrons. The lowest BCUT2D eigenvalue weighted by molar-refractivity contribution is 0.101. The molecule has 0 fully saturated rings. The van der Waals surface area contributed by atoms with Crippen LogP contribution >= 0.6 is 0 Å². The number of aliphatic hydroxyl groups excluding tert-OH is 1. The number of Topliss-reactive ketones (excluding diaryl/α,β-unsaturated/α-hetero) is 1. The average Bonchev–Trinajstić information content (AvgIpc) is 2.42. The van der Waals surface area contributed by atoms with Crippen LogP contribution in [0.4, 0.5) is 0 Å². The molecule has 2 nitrogen and oxygen atoms in total. The molecule has 0 saturated carbocycles. The van der Waals surface area contributed by atoms with Crippen molar-refractivity contribution in [3.63, 3.8) is 0 Å². The van der Waals surface area contributed by atoms with Crippen LogP contribution in [0.5, 0.6) is 0 Å². The van der Waals surface area contributed by atoms with E-state index in [1.165, 1.54) is 5.56 Å². The Bertz CT molecular complexity index is 355. The van der Waals surface area contributed by atoms with E-state index in [2.05, 4.69) is 0 Å². The highest BCUT2D eigenvalue weighted by atomic mass is 16.3. The van der Waals surface area contributed by atoms with E-state index < -0.39 is 0 Å². The number of carbonyl (C=O) groups is 1. The lowest BCUT2D eigenvalue weighted by Gasteiger charge is -2.00. The summed E-state index contributed by atoms with van der Waals surface area (Å²) in [5.41, 5.74) is 3.05. The highest BCUT2D eigenvalue weighted by molar-refractivity contribution is 5.94. The zero-order valence-corrected chi connectivity index (χ0v) is 7.58. The lowest BCUT2D eigenvalue weighted by Crippen LogP contribution is -2.03. The molecule has 1 unspecified atom stereocenters. The topological polar surface area (TPSA) is 37.3 Å². The molecule has 2 heteroatoms. The predicted octanol–water partition coefficient (Wildman–Crippen LogP) is 1.35. The molecule has 1 aromatic rings. The number of fused-ring (bicyclic) bond motifs is 1. The van der Waals surface area contributed by atoms with Gasteiger partial charge in [-0.15, -0.1) is 0 Å². The lowest BCUT2D eigenvalue weighted by atomic mass is 10.0. The Morgan fingerprint density at radius 1 is 1.38 bits per heavy atom. The van der Waals surface area contributed by atoms with E-state index in [4.69, 9.17) is 0 Å². The molecule has 0 aromatic heterocycles. The third-order valence-corrected chi connectivity index (χ3v) is 2.52. The zero-order valence-electron chi connectivity index (χ0n) is 7.58. The van der Waals surface area contributed by atoms with E-state index in [0.29, 0.717) is 6.42 Å². The fraction of sp³-hybridized carbons (Fsp3) is 0.364. The first-order chi connectivity index (χ1) is 6.16. The largest absolute Gasteiger partial charge is 0.392 e.